The van der Waals surface area contributed by atoms with Gasteiger partial charge in [-0.2, -0.15) is 5.26 Å². The van der Waals surface area contributed by atoms with Crippen LogP contribution in [0, 0.1) is 11.3 Å². The molecule has 0 bridgehead atoms. The summed E-state index contributed by atoms with van der Waals surface area (Å²) >= 11 is 0. The lowest BCUT2D eigenvalue weighted by Crippen LogP contribution is -1.97. The van der Waals surface area contributed by atoms with Crippen LogP contribution in [0.1, 0.15) is 16.7 Å². The number of nitrogens with one attached hydrogen (secondary N) is 1. The molecular weight excluding hydrogens is 512 g/mol. The summed E-state index contributed by atoms with van der Waals surface area (Å²) in [5.41, 5.74) is 11.1. The molecule has 42 heavy (non-hydrogen) atoms. The van der Waals surface area contributed by atoms with Gasteiger partial charge < -0.3 is 9.73 Å². The van der Waals surface area contributed by atoms with E-state index < -0.39 is 0 Å². The number of fused-ring (bicyclic) bond motifs is 3. The summed E-state index contributed by atoms with van der Waals surface area (Å²) in [5.74, 6) is 0. The van der Waals surface area contributed by atoms with Crippen molar-refractivity contribution in [3.8, 4) is 28.3 Å². The van der Waals surface area contributed by atoms with Gasteiger partial charge in [-0.15, -0.1) is 0 Å². The Morgan fingerprint density at radius 3 is 2.21 bits per heavy atom. The monoisotopic (exact) mass is 540 g/mol. The number of rotatable bonds is 7. The predicted octanol–water partition coefficient (Wildman–Crippen LogP) is 10.3. The lowest BCUT2D eigenvalue weighted by atomic mass is 9.96. The minimum atomic E-state index is 0.637. The van der Waals surface area contributed by atoms with E-state index in [1.165, 1.54) is 11.1 Å². The highest BCUT2D eigenvalue weighted by Crippen LogP contribution is 2.39. The number of furan rings is 1. The SMILES string of the molecule is N#Cc1cccc(-c2ccc(-c3cccc4c3oc3ccccc34)cc2Nc2cccc(CCc3ccccc3)c2)c1. The summed E-state index contributed by atoms with van der Waals surface area (Å²) in [5, 5.41) is 15.5. The smallest absolute Gasteiger partial charge is 0.143 e. The Kier molecular flexibility index (Phi) is 6.72. The first-order valence-corrected chi connectivity index (χ1v) is 14.2. The molecule has 0 amide bonds. The Bertz CT molecular complexity index is 2080. The van der Waals surface area contributed by atoms with Gasteiger partial charge in [-0.05, 0) is 71.5 Å². The van der Waals surface area contributed by atoms with Crippen molar-refractivity contribution in [2.24, 2.45) is 0 Å². The molecule has 0 aliphatic carbocycles. The standard InChI is InChI=1S/C39H28N2O/c40-26-29-12-6-13-30(23-29)33-22-21-31(34-16-8-17-36-35-15-4-5-18-38(35)42-39(34)36)25-37(33)41-32-14-7-11-28(24-32)20-19-27-9-2-1-3-10-27/h1-18,21-25,41H,19-20H2. The minimum Gasteiger partial charge on any atom is -0.455 e. The van der Waals surface area contributed by atoms with Crippen LogP contribution in [0.3, 0.4) is 0 Å². The van der Waals surface area contributed by atoms with E-state index in [1.807, 2.05) is 36.4 Å². The topological polar surface area (TPSA) is 49.0 Å². The van der Waals surface area contributed by atoms with Crippen molar-refractivity contribution in [1.29, 1.82) is 5.26 Å². The zero-order valence-electron chi connectivity index (χ0n) is 23.0. The number of aryl methyl sites for hydroxylation is 2. The highest BCUT2D eigenvalue weighted by molar-refractivity contribution is 6.09. The fraction of sp³-hybridized carbons (Fsp3) is 0.0513. The Labute approximate surface area is 245 Å². The maximum atomic E-state index is 9.55. The third-order valence-electron chi connectivity index (χ3n) is 7.79. The van der Waals surface area contributed by atoms with Gasteiger partial charge in [0.25, 0.3) is 0 Å². The molecule has 200 valence electrons. The Hall–Kier alpha value is -5.59. The van der Waals surface area contributed by atoms with E-state index in [0.29, 0.717) is 5.56 Å². The summed E-state index contributed by atoms with van der Waals surface area (Å²) in [6.45, 7) is 0. The Balaban J connectivity index is 1.30. The molecule has 0 unspecified atom stereocenters. The summed E-state index contributed by atoms with van der Waals surface area (Å²) < 4.78 is 6.36. The largest absolute Gasteiger partial charge is 0.455 e. The average Bonchev–Trinajstić information content (AvgIpc) is 3.43. The normalized spacial score (nSPS) is 11.0. The molecule has 0 saturated heterocycles. The molecule has 1 aromatic heterocycles. The first-order valence-electron chi connectivity index (χ1n) is 14.2. The van der Waals surface area contributed by atoms with Crippen LogP contribution in [-0.4, -0.2) is 0 Å². The third-order valence-corrected chi connectivity index (χ3v) is 7.79. The highest BCUT2D eigenvalue weighted by Gasteiger charge is 2.15. The van der Waals surface area contributed by atoms with Crippen molar-refractivity contribution in [1.82, 2.24) is 0 Å². The second-order valence-corrected chi connectivity index (χ2v) is 10.5. The van der Waals surface area contributed by atoms with Crippen molar-refractivity contribution < 1.29 is 4.42 Å². The lowest BCUT2D eigenvalue weighted by Gasteiger charge is -2.16. The van der Waals surface area contributed by atoms with Gasteiger partial charge in [-0.1, -0.05) is 103 Å². The molecule has 0 atom stereocenters. The molecule has 7 rings (SSSR count). The van der Waals surface area contributed by atoms with Gasteiger partial charge in [0, 0.05) is 33.3 Å². The van der Waals surface area contributed by atoms with Crippen molar-refractivity contribution in [3.63, 3.8) is 0 Å². The van der Waals surface area contributed by atoms with E-state index in [9.17, 15) is 5.26 Å². The van der Waals surface area contributed by atoms with Crippen LogP contribution in [0.25, 0.3) is 44.2 Å². The number of nitrogens with zero attached hydrogens (tertiary/aromatic N) is 1. The fourth-order valence-corrected chi connectivity index (χ4v) is 5.69. The van der Waals surface area contributed by atoms with Crippen LogP contribution in [0.4, 0.5) is 11.4 Å². The second kappa shape index (κ2) is 11.1. The summed E-state index contributed by atoms with van der Waals surface area (Å²) in [4.78, 5) is 0. The first kappa shape index (κ1) is 25.4. The van der Waals surface area contributed by atoms with Gasteiger partial charge in [0.2, 0.25) is 0 Å². The van der Waals surface area contributed by atoms with Crippen molar-refractivity contribution in [3.05, 3.63) is 156 Å². The fourth-order valence-electron chi connectivity index (χ4n) is 5.69. The van der Waals surface area contributed by atoms with Crippen LogP contribution in [-0.2, 0) is 12.8 Å². The van der Waals surface area contributed by atoms with Gasteiger partial charge in [0.1, 0.15) is 11.2 Å². The molecule has 3 heteroatoms. The maximum absolute atomic E-state index is 9.55. The number of anilines is 2. The lowest BCUT2D eigenvalue weighted by molar-refractivity contribution is 0.670. The molecule has 0 spiro atoms. The maximum Gasteiger partial charge on any atom is 0.143 e. The minimum absolute atomic E-state index is 0.637. The molecule has 0 aliphatic rings. The summed E-state index contributed by atoms with van der Waals surface area (Å²) in [7, 11) is 0. The van der Waals surface area contributed by atoms with Gasteiger partial charge in [-0.25, -0.2) is 0 Å². The summed E-state index contributed by atoms with van der Waals surface area (Å²) in [6, 6.07) is 50.2. The summed E-state index contributed by atoms with van der Waals surface area (Å²) in [6.07, 6.45) is 1.96. The van der Waals surface area contributed by atoms with E-state index in [4.69, 9.17) is 4.42 Å². The number of hydrogen-bond donors (Lipinski definition) is 1. The zero-order valence-corrected chi connectivity index (χ0v) is 23.0. The number of hydrogen-bond acceptors (Lipinski definition) is 3. The number of benzene rings is 6. The Morgan fingerprint density at radius 1 is 0.571 bits per heavy atom. The van der Waals surface area contributed by atoms with E-state index in [2.05, 4.69) is 115 Å². The van der Waals surface area contributed by atoms with Gasteiger partial charge in [-0.3, -0.25) is 0 Å². The molecule has 0 aliphatic heterocycles. The van der Waals surface area contributed by atoms with Crippen LogP contribution in [0.5, 0.6) is 0 Å². The Morgan fingerprint density at radius 2 is 1.31 bits per heavy atom. The van der Waals surface area contributed by atoms with Crippen molar-refractivity contribution >= 4 is 33.3 Å². The molecule has 0 radical (unpaired) electrons. The molecule has 3 nitrogen and oxygen atoms in total. The van der Waals surface area contributed by atoms with Crippen molar-refractivity contribution in [2.45, 2.75) is 12.8 Å². The molecule has 1 N–H and O–H groups in total. The molecule has 6 aromatic carbocycles. The van der Waals surface area contributed by atoms with Crippen LogP contribution in [0.15, 0.2) is 144 Å². The molecular formula is C39H28N2O. The van der Waals surface area contributed by atoms with Crippen LogP contribution in [0.2, 0.25) is 0 Å². The molecule has 0 saturated carbocycles. The number of nitriles is 1. The number of para-hydroxylation sites is 2. The second-order valence-electron chi connectivity index (χ2n) is 10.5. The van der Waals surface area contributed by atoms with Crippen LogP contribution < -0.4 is 5.32 Å². The highest BCUT2D eigenvalue weighted by atomic mass is 16.3. The predicted molar refractivity (Wildman–Crippen MR) is 173 cm³/mol. The van der Waals surface area contributed by atoms with Gasteiger partial charge in [0.05, 0.1) is 11.6 Å². The van der Waals surface area contributed by atoms with Crippen molar-refractivity contribution in [2.75, 3.05) is 5.32 Å². The molecule has 1 heterocycles. The van der Waals surface area contributed by atoms with E-state index in [-0.39, 0.29) is 0 Å². The van der Waals surface area contributed by atoms with Crippen LogP contribution >= 0.6 is 0 Å². The molecule has 7 aromatic rings. The van der Waals surface area contributed by atoms with Gasteiger partial charge in [0.15, 0.2) is 0 Å². The molecule has 0 fully saturated rings. The quantitative estimate of drug-likeness (QED) is 0.219. The van der Waals surface area contributed by atoms with E-state index >= 15 is 0 Å². The first-order chi connectivity index (χ1) is 20.7. The average molecular weight is 541 g/mol. The zero-order chi connectivity index (χ0) is 28.3. The third kappa shape index (κ3) is 5.03. The van der Waals surface area contributed by atoms with E-state index in [0.717, 1.165) is 68.4 Å². The van der Waals surface area contributed by atoms with Gasteiger partial charge >= 0.3 is 0 Å². The van der Waals surface area contributed by atoms with E-state index in [1.54, 1.807) is 0 Å².